The zero-order valence-corrected chi connectivity index (χ0v) is 15.3. The molecule has 4 rings (SSSR count). The molecule has 0 saturated heterocycles. The summed E-state index contributed by atoms with van der Waals surface area (Å²) in [5.74, 6) is -2.51. The molecule has 1 atom stereocenters. The number of amides is 1. The van der Waals surface area contributed by atoms with Gasteiger partial charge in [-0.3, -0.25) is 4.79 Å². The molecule has 144 valence electrons. The standard InChI is InChI=1S/C21H18F3N3O/c1-11(16-10-25-9-13-5-17(23)18(24)8-15(13)16)27(2)21(28)20-6-12-3-4-14(22)7-19(12)26-20/h3-8,10-11,25-26H,9H2,1-2H3. The summed E-state index contributed by atoms with van der Waals surface area (Å²) >= 11 is 0. The quantitative estimate of drug-likeness (QED) is 0.710. The molecule has 28 heavy (non-hydrogen) atoms. The molecule has 2 aromatic carbocycles. The first-order valence-corrected chi connectivity index (χ1v) is 8.82. The van der Waals surface area contributed by atoms with E-state index in [-0.39, 0.29) is 11.7 Å². The average molecular weight is 385 g/mol. The Morgan fingerprint density at radius 3 is 2.64 bits per heavy atom. The Labute approximate surface area is 159 Å². The second kappa shape index (κ2) is 6.74. The maximum absolute atomic E-state index is 13.8. The molecule has 0 saturated carbocycles. The van der Waals surface area contributed by atoms with Crippen molar-refractivity contribution in [3.05, 3.63) is 76.9 Å². The molecular weight excluding hydrogens is 367 g/mol. The largest absolute Gasteiger partial charge is 0.386 e. The van der Waals surface area contributed by atoms with Gasteiger partial charge in [0.2, 0.25) is 0 Å². The lowest BCUT2D eigenvalue weighted by molar-refractivity contribution is 0.0769. The Bertz CT molecular complexity index is 1120. The van der Waals surface area contributed by atoms with Crippen LogP contribution in [0.4, 0.5) is 13.2 Å². The van der Waals surface area contributed by atoms with Crippen molar-refractivity contribution in [3.63, 3.8) is 0 Å². The summed E-state index contributed by atoms with van der Waals surface area (Å²) in [6.45, 7) is 2.19. The number of likely N-dealkylation sites (N-methyl/N-ethyl adjacent to an activating group) is 1. The van der Waals surface area contributed by atoms with Crippen LogP contribution in [0.25, 0.3) is 16.5 Å². The Morgan fingerprint density at radius 2 is 1.86 bits per heavy atom. The van der Waals surface area contributed by atoms with Gasteiger partial charge in [0, 0.05) is 30.7 Å². The number of rotatable bonds is 3. The first-order valence-electron chi connectivity index (χ1n) is 8.82. The Balaban J connectivity index is 1.64. The van der Waals surface area contributed by atoms with E-state index in [0.717, 1.165) is 11.5 Å². The SMILES string of the molecule is CC(C1=CNCc2cc(F)c(F)cc21)N(C)C(=O)c1cc2ccc(F)cc2[nH]1. The van der Waals surface area contributed by atoms with E-state index in [2.05, 4.69) is 10.3 Å². The topological polar surface area (TPSA) is 48.1 Å². The number of hydrogen-bond acceptors (Lipinski definition) is 2. The molecular formula is C21H18F3N3O. The molecule has 0 aliphatic carbocycles. The van der Waals surface area contributed by atoms with Crippen molar-refractivity contribution in [3.8, 4) is 0 Å². The number of carbonyl (C=O) groups excluding carboxylic acids is 1. The van der Waals surface area contributed by atoms with Crippen LogP contribution in [-0.4, -0.2) is 28.9 Å². The van der Waals surface area contributed by atoms with E-state index in [1.54, 1.807) is 25.4 Å². The van der Waals surface area contributed by atoms with Gasteiger partial charge < -0.3 is 15.2 Å². The van der Waals surface area contributed by atoms with E-state index in [0.29, 0.717) is 34.5 Å². The van der Waals surface area contributed by atoms with Gasteiger partial charge in [-0.05, 0) is 60.0 Å². The van der Waals surface area contributed by atoms with Gasteiger partial charge in [-0.1, -0.05) is 0 Å². The van der Waals surface area contributed by atoms with Gasteiger partial charge in [0.05, 0.1) is 6.04 Å². The zero-order valence-electron chi connectivity index (χ0n) is 15.3. The first-order chi connectivity index (χ1) is 13.3. The molecule has 0 fully saturated rings. The molecule has 1 aliphatic rings. The van der Waals surface area contributed by atoms with Crippen LogP contribution < -0.4 is 5.32 Å². The molecule has 0 radical (unpaired) electrons. The van der Waals surface area contributed by atoms with E-state index in [4.69, 9.17) is 0 Å². The number of aromatic nitrogens is 1. The van der Waals surface area contributed by atoms with Crippen molar-refractivity contribution in [1.82, 2.24) is 15.2 Å². The molecule has 1 amide bonds. The molecule has 1 aromatic heterocycles. The number of H-pyrrole nitrogens is 1. The number of aromatic amines is 1. The summed E-state index contributed by atoms with van der Waals surface area (Å²) in [6.07, 6.45) is 1.72. The van der Waals surface area contributed by atoms with E-state index in [1.165, 1.54) is 23.1 Å². The molecule has 2 heterocycles. The number of fused-ring (bicyclic) bond motifs is 2. The monoisotopic (exact) mass is 385 g/mol. The lowest BCUT2D eigenvalue weighted by Crippen LogP contribution is -2.37. The van der Waals surface area contributed by atoms with Gasteiger partial charge >= 0.3 is 0 Å². The fourth-order valence-electron chi connectivity index (χ4n) is 3.49. The number of benzene rings is 2. The summed E-state index contributed by atoms with van der Waals surface area (Å²) in [6, 6.07) is 7.85. The number of hydrogen-bond donors (Lipinski definition) is 2. The third-order valence-corrected chi connectivity index (χ3v) is 5.17. The second-order valence-corrected chi connectivity index (χ2v) is 6.91. The fourth-order valence-corrected chi connectivity index (χ4v) is 3.49. The van der Waals surface area contributed by atoms with Crippen molar-refractivity contribution in [2.75, 3.05) is 7.05 Å². The summed E-state index contributed by atoms with van der Waals surface area (Å²) in [7, 11) is 1.63. The second-order valence-electron chi connectivity index (χ2n) is 6.91. The highest BCUT2D eigenvalue weighted by molar-refractivity contribution is 5.99. The van der Waals surface area contributed by atoms with Crippen LogP contribution in [0, 0.1) is 17.5 Å². The van der Waals surface area contributed by atoms with Crippen molar-refractivity contribution in [2.45, 2.75) is 19.5 Å². The summed E-state index contributed by atoms with van der Waals surface area (Å²) in [5.41, 5.74) is 2.74. The van der Waals surface area contributed by atoms with E-state index in [9.17, 15) is 18.0 Å². The number of nitrogens with one attached hydrogen (secondary N) is 2. The zero-order chi connectivity index (χ0) is 20.0. The molecule has 2 N–H and O–H groups in total. The van der Waals surface area contributed by atoms with Crippen LogP contribution in [0.15, 0.2) is 42.6 Å². The van der Waals surface area contributed by atoms with Crippen molar-refractivity contribution < 1.29 is 18.0 Å². The van der Waals surface area contributed by atoms with Crippen LogP contribution in [-0.2, 0) is 6.54 Å². The molecule has 1 unspecified atom stereocenters. The number of carbonyl (C=O) groups is 1. The van der Waals surface area contributed by atoms with Gasteiger partial charge in [0.25, 0.3) is 5.91 Å². The lowest BCUT2D eigenvalue weighted by Gasteiger charge is -2.30. The Kier molecular flexibility index (Phi) is 4.37. The Morgan fingerprint density at radius 1 is 1.11 bits per heavy atom. The fraction of sp³-hybridized carbons (Fsp3) is 0.190. The van der Waals surface area contributed by atoms with Crippen LogP contribution in [0.3, 0.4) is 0 Å². The highest BCUT2D eigenvalue weighted by atomic mass is 19.2. The third-order valence-electron chi connectivity index (χ3n) is 5.17. The van der Waals surface area contributed by atoms with Crippen molar-refractivity contribution in [1.29, 1.82) is 0 Å². The molecule has 3 aromatic rings. The minimum absolute atomic E-state index is 0.292. The van der Waals surface area contributed by atoms with Crippen molar-refractivity contribution in [2.24, 2.45) is 0 Å². The lowest BCUT2D eigenvalue weighted by atomic mass is 9.92. The van der Waals surface area contributed by atoms with Gasteiger partial charge in [0.1, 0.15) is 11.5 Å². The van der Waals surface area contributed by atoms with Crippen LogP contribution in [0.5, 0.6) is 0 Å². The average Bonchev–Trinajstić information content (AvgIpc) is 3.10. The highest BCUT2D eigenvalue weighted by Crippen LogP contribution is 2.30. The number of nitrogens with zero attached hydrogens (tertiary/aromatic N) is 1. The molecule has 7 heteroatoms. The van der Waals surface area contributed by atoms with Crippen LogP contribution in [0.1, 0.15) is 28.5 Å². The van der Waals surface area contributed by atoms with Gasteiger partial charge in [-0.2, -0.15) is 0 Å². The maximum Gasteiger partial charge on any atom is 0.270 e. The molecule has 4 nitrogen and oxygen atoms in total. The van der Waals surface area contributed by atoms with Crippen LogP contribution >= 0.6 is 0 Å². The minimum atomic E-state index is -0.926. The minimum Gasteiger partial charge on any atom is -0.386 e. The van der Waals surface area contributed by atoms with E-state index < -0.39 is 17.7 Å². The van der Waals surface area contributed by atoms with Gasteiger partial charge in [0.15, 0.2) is 11.6 Å². The highest BCUT2D eigenvalue weighted by Gasteiger charge is 2.26. The van der Waals surface area contributed by atoms with Crippen molar-refractivity contribution >= 4 is 22.4 Å². The van der Waals surface area contributed by atoms with E-state index in [1.807, 2.05) is 6.92 Å². The summed E-state index contributed by atoms with van der Waals surface area (Å²) in [4.78, 5) is 17.4. The summed E-state index contributed by atoms with van der Waals surface area (Å²) in [5, 5.41) is 3.77. The number of halogens is 3. The third kappa shape index (κ3) is 3.02. The normalized spacial score (nSPS) is 14.2. The molecule has 0 spiro atoms. The van der Waals surface area contributed by atoms with Gasteiger partial charge in [-0.25, -0.2) is 13.2 Å². The predicted molar refractivity (Wildman–Crippen MR) is 101 cm³/mol. The van der Waals surface area contributed by atoms with E-state index >= 15 is 0 Å². The molecule has 1 aliphatic heterocycles. The van der Waals surface area contributed by atoms with Gasteiger partial charge in [-0.15, -0.1) is 0 Å². The predicted octanol–water partition coefficient (Wildman–Crippen LogP) is 4.19. The smallest absolute Gasteiger partial charge is 0.270 e. The Hall–Kier alpha value is -3.22. The van der Waals surface area contributed by atoms with Crippen LogP contribution in [0.2, 0.25) is 0 Å². The summed E-state index contributed by atoms with van der Waals surface area (Å²) < 4.78 is 40.7. The molecule has 0 bridgehead atoms. The first kappa shape index (κ1) is 18.2. The maximum atomic E-state index is 13.8.